The summed E-state index contributed by atoms with van der Waals surface area (Å²) in [5, 5.41) is 7.60. The van der Waals surface area contributed by atoms with Crippen molar-refractivity contribution in [3.63, 3.8) is 0 Å². The molecule has 0 radical (unpaired) electrons. The lowest BCUT2D eigenvalue weighted by Crippen LogP contribution is -2.37. The van der Waals surface area contributed by atoms with Crippen molar-refractivity contribution in [3.8, 4) is 17.2 Å². The number of H-pyrrole nitrogens is 1. The van der Waals surface area contributed by atoms with Crippen molar-refractivity contribution < 1.29 is 18.6 Å². The third kappa shape index (κ3) is 5.72. The number of aromatic amines is 1. The minimum atomic E-state index is -0.246. The van der Waals surface area contributed by atoms with E-state index >= 15 is 0 Å². The Balaban J connectivity index is 0.00000341. The molecule has 0 amide bonds. The van der Waals surface area contributed by atoms with Gasteiger partial charge in [-0.2, -0.15) is 0 Å². The fourth-order valence-corrected chi connectivity index (χ4v) is 3.38. The van der Waals surface area contributed by atoms with Crippen molar-refractivity contribution in [2.24, 2.45) is 4.99 Å². The van der Waals surface area contributed by atoms with Gasteiger partial charge in [-0.3, -0.25) is 4.99 Å². The van der Waals surface area contributed by atoms with Crippen LogP contribution in [0.2, 0.25) is 0 Å². The second kappa shape index (κ2) is 11.6. The Hall–Kier alpha value is -2.69. The quantitative estimate of drug-likeness (QED) is 0.229. The predicted molar refractivity (Wildman–Crippen MR) is 132 cm³/mol. The summed E-state index contributed by atoms with van der Waals surface area (Å²) < 4.78 is 29.6. The first kappa shape index (κ1) is 24.6. The maximum atomic E-state index is 13.3. The Morgan fingerprint density at radius 3 is 2.45 bits per heavy atom. The molecule has 3 rings (SSSR count). The molecule has 0 aliphatic rings. The molecule has 2 aromatic carbocycles. The maximum absolute atomic E-state index is 13.3. The molecule has 31 heavy (non-hydrogen) atoms. The van der Waals surface area contributed by atoms with E-state index in [9.17, 15) is 4.39 Å². The first-order valence-electron chi connectivity index (χ1n) is 9.59. The largest absolute Gasteiger partial charge is 0.493 e. The van der Waals surface area contributed by atoms with Gasteiger partial charge < -0.3 is 29.8 Å². The minimum Gasteiger partial charge on any atom is -0.493 e. The highest BCUT2D eigenvalue weighted by Gasteiger charge is 2.16. The van der Waals surface area contributed by atoms with E-state index in [-0.39, 0.29) is 29.8 Å². The van der Waals surface area contributed by atoms with Gasteiger partial charge in [0, 0.05) is 42.8 Å². The van der Waals surface area contributed by atoms with Gasteiger partial charge in [-0.05, 0) is 42.3 Å². The van der Waals surface area contributed by atoms with Gasteiger partial charge in [0.25, 0.3) is 0 Å². The molecule has 0 aliphatic carbocycles. The van der Waals surface area contributed by atoms with Gasteiger partial charge in [-0.25, -0.2) is 4.39 Å². The van der Waals surface area contributed by atoms with Gasteiger partial charge in [0.2, 0.25) is 5.75 Å². The molecule has 0 fully saturated rings. The number of ether oxygens (including phenoxy) is 3. The predicted octanol–water partition coefficient (Wildman–Crippen LogP) is 3.86. The van der Waals surface area contributed by atoms with Crippen LogP contribution in [0.1, 0.15) is 11.1 Å². The topological polar surface area (TPSA) is 79.9 Å². The maximum Gasteiger partial charge on any atom is 0.203 e. The van der Waals surface area contributed by atoms with E-state index in [1.165, 1.54) is 12.1 Å². The summed E-state index contributed by atoms with van der Waals surface area (Å²) in [5.74, 6) is 2.20. The van der Waals surface area contributed by atoms with Gasteiger partial charge in [-0.1, -0.05) is 0 Å². The number of guanidine groups is 1. The van der Waals surface area contributed by atoms with E-state index in [2.05, 4.69) is 20.6 Å². The van der Waals surface area contributed by atoms with Gasteiger partial charge in [0.1, 0.15) is 5.82 Å². The molecule has 1 aromatic heterocycles. The number of hydrogen-bond acceptors (Lipinski definition) is 4. The van der Waals surface area contributed by atoms with Gasteiger partial charge in [0.15, 0.2) is 17.5 Å². The van der Waals surface area contributed by atoms with E-state index < -0.39 is 0 Å². The first-order valence-corrected chi connectivity index (χ1v) is 9.59. The van der Waals surface area contributed by atoms with Gasteiger partial charge >= 0.3 is 0 Å². The summed E-state index contributed by atoms with van der Waals surface area (Å²) in [4.78, 5) is 7.38. The highest BCUT2D eigenvalue weighted by molar-refractivity contribution is 14.0. The molecular formula is C22H28FIN4O3. The van der Waals surface area contributed by atoms with Crippen LogP contribution in [0.5, 0.6) is 17.2 Å². The fraction of sp³-hybridized carbons (Fsp3) is 0.318. The number of halogens is 2. The zero-order valence-corrected chi connectivity index (χ0v) is 20.4. The molecule has 7 nitrogen and oxygen atoms in total. The number of nitrogens with zero attached hydrogens (tertiary/aromatic N) is 1. The van der Waals surface area contributed by atoms with Crippen LogP contribution in [0.4, 0.5) is 4.39 Å². The monoisotopic (exact) mass is 542 g/mol. The Morgan fingerprint density at radius 2 is 1.77 bits per heavy atom. The van der Waals surface area contributed by atoms with Crippen LogP contribution in [0.15, 0.2) is 41.5 Å². The molecule has 0 saturated carbocycles. The smallest absolute Gasteiger partial charge is 0.203 e. The second-order valence-electron chi connectivity index (χ2n) is 6.60. The van der Waals surface area contributed by atoms with Crippen molar-refractivity contribution in [1.82, 2.24) is 15.6 Å². The van der Waals surface area contributed by atoms with Crippen LogP contribution in [0, 0.1) is 5.82 Å². The summed E-state index contributed by atoms with van der Waals surface area (Å²) in [7, 11) is 6.49. The van der Waals surface area contributed by atoms with E-state index in [0.29, 0.717) is 36.3 Å². The molecule has 1 heterocycles. The summed E-state index contributed by atoms with van der Waals surface area (Å²) in [6.07, 6.45) is 2.68. The molecular weight excluding hydrogens is 514 g/mol. The van der Waals surface area contributed by atoms with Crippen molar-refractivity contribution in [2.45, 2.75) is 13.0 Å². The van der Waals surface area contributed by atoms with Crippen LogP contribution in [-0.2, 0) is 13.0 Å². The Kier molecular flexibility index (Phi) is 9.22. The highest BCUT2D eigenvalue weighted by atomic mass is 127. The van der Waals surface area contributed by atoms with Crippen molar-refractivity contribution in [3.05, 3.63) is 53.5 Å². The third-order valence-electron chi connectivity index (χ3n) is 4.87. The Morgan fingerprint density at radius 1 is 1.00 bits per heavy atom. The number of benzene rings is 2. The molecule has 0 aliphatic heterocycles. The molecule has 0 saturated heterocycles. The van der Waals surface area contributed by atoms with E-state index in [4.69, 9.17) is 14.2 Å². The van der Waals surface area contributed by atoms with E-state index in [0.717, 1.165) is 28.5 Å². The average molecular weight is 542 g/mol. The number of aliphatic imine (C=N–C) groups is 1. The SMILES string of the molecule is CN=C(NCCc1c[nH]c2cc(F)ccc12)NCc1ccc(OC)c(OC)c1OC.I. The van der Waals surface area contributed by atoms with Crippen molar-refractivity contribution >= 4 is 40.8 Å². The molecule has 0 atom stereocenters. The van der Waals surface area contributed by atoms with Crippen LogP contribution in [0.25, 0.3) is 10.9 Å². The molecule has 168 valence electrons. The molecule has 9 heteroatoms. The molecule has 0 spiro atoms. The van der Waals surface area contributed by atoms with Crippen LogP contribution < -0.4 is 24.8 Å². The number of methoxy groups -OCH3 is 3. The van der Waals surface area contributed by atoms with Gasteiger partial charge in [-0.15, -0.1) is 24.0 Å². The lowest BCUT2D eigenvalue weighted by molar-refractivity contribution is 0.322. The number of hydrogen-bond donors (Lipinski definition) is 3. The Bertz CT molecular complexity index is 1040. The number of aromatic nitrogens is 1. The number of nitrogens with one attached hydrogen (secondary N) is 3. The lowest BCUT2D eigenvalue weighted by Gasteiger charge is -2.17. The Labute approximate surface area is 198 Å². The molecule has 3 aromatic rings. The molecule has 0 bridgehead atoms. The lowest BCUT2D eigenvalue weighted by atomic mass is 10.1. The summed E-state index contributed by atoms with van der Waals surface area (Å²) in [6.45, 7) is 1.17. The molecule has 3 N–H and O–H groups in total. The fourth-order valence-electron chi connectivity index (χ4n) is 3.38. The average Bonchev–Trinajstić information content (AvgIpc) is 3.16. The highest BCUT2D eigenvalue weighted by Crippen LogP contribution is 2.39. The van der Waals surface area contributed by atoms with E-state index in [1.807, 2.05) is 18.3 Å². The summed E-state index contributed by atoms with van der Waals surface area (Å²) >= 11 is 0. The standard InChI is InChI=1S/C22H27FN4O3.HI/c1-24-22(25-10-9-14-12-26-18-11-16(23)6-7-17(14)18)27-13-15-5-8-19(28-2)21(30-4)20(15)29-3;/h5-8,11-12,26H,9-10,13H2,1-4H3,(H2,24,25,27);1H. The number of fused-ring (bicyclic) bond motifs is 1. The van der Waals surface area contributed by atoms with Crippen molar-refractivity contribution in [2.75, 3.05) is 34.9 Å². The zero-order chi connectivity index (χ0) is 21.5. The summed E-state index contributed by atoms with van der Waals surface area (Å²) in [5.41, 5.74) is 2.83. The summed E-state index contributed by atoms with van der Waals surface area (Å²) in [6, 6.07) is 8.54. The first-order chi connectivity index (χ1) is 14.6. The zero-order valence-electron chi connectivity index (χ0n) is 18.0. The minimum absolute atomic E-state index is 0. The van der Waals surface area contributed by atoms with Crippen molar-refractivity contribution in [1.29, 1.82) is 0 Å². The normalized spacial score (nSPS) is 11.1. The van der Waals surface area contributed by atoms with Crippen LogP contribution in [-0.4, -0.2) is 45.9 Å². The number of rotatable bonds is 8. The third-order valence-corrected chi connectivity index (χ3v) is 4.87. The van der Waals surface area contributed by atoms with Gasteiger partial charge in [0.05, 0.1) is 21.3 Å². The van der Waals surface area contributed by atoms with E-state index in [1.54, 1.807) is 34.4 Å². The molecule has 0 unspecified atom stereocenters. The van der Waals surface area contributed by atoms with Crippen LogP contribution in [0.3, 0.4) is 0 Å². The second-order valence-corrected chi connectivity index (χ2v) is 6.60. The van der Waals surface area contributed by atoms with Crippen LogP contribution >= 0.6 is 24.0 Å².